The Labute approximate surface area is 163 Å². The summed E-state index contributed by atoms with van der Waals surface area (Å²) in [5.41, 5.74) is 4.03. The molecule has 2 heterocycles. The molecule has 0 radical (unpaired) electrons. The van der Waals surface area contributed by atoms with Gasteiger partial charge in [0.1, 0.15) is 0 Å². The lowest BCUT2D eigenvalue weighted by molar-refractivity contribution is -0.118. The minimum Gasteiger partial charge on any atom is -0.454 e. The van der Waals surface area contributed by atoms with E-state index in [0.717, 1.165) is 35.6 Å². The zero-order valence-electron chi connectivity index (χ0n) is 15.8. The number of anilines is 1. The second-order valence-electron chi connectivity index (χ2n) is 8.28. The van der Waals surface area contributed by atoms with Gasteiger partial charge in [0.2, 0.25) is 12.7 Å². The Balaban J connectivity index is 1.28. The van der Waals surface area contributed by atoms with Crippen molar-refractivity contribution >= 4 is 22.5 Å². The van der Waals surface area contributed by atoms with Crippen molar-refractivity contribution in [3.05, 3.63) is 53.7 Å². The highest BCUT2D eigenvalue weighted by molar-refractivity contribution is 6.02. The third-order valence-corrected chi connectivity index (χ3v) is 6.44. The number of fused-ring (bicyclic) bond motifs is 2. The molecule has 5 heteroatoms. The van der Waals surface area contributed by atoms with E-state index in [0.29, 0.717) is 5.92 Å². The van der Waals surface area contributed by atoms with Gasteiger partial charge in [-0.15, -0.1) is 0 Å². The molecule has 1 aromatic heterocycles. The van der Waals surface area contributed by atoms with Crippen molar-refractivity contribution in [3.63, 3.8) is 0 Å². The number of carbonyl (C=O) groups excluding carboxylic acids is 1. The average molecular weight is 374 g/mol. The third-order valence-electron chi connectivity index (χ3n) is 6.44. The maximum atomic E-state index is 13.1. The molecule has 28 heavy (non-hydrogen) atoms. The number of ether oxygens (including phenoxy) is 2. The summed E-state index contributed by atoms with van der Waals surface area (Å²) in [6.45, 7) is 0.248. The maximum Gasteiger partial charge on any atom is 0.235 e. The summed E-state index contributed by atoms with van der Waals surface area (Å²) < 4.78 is 13.2. The van der Waals surface area contributed by atoms with Crippen molar-refractivity contribution in [2.24, 2.45) is 7.05 Å². The number of amides is 1. The molecule has 3 aromatic rings. The van der Waals surface area contributed by atoms with Gasteiger partial charge in [-0.1, -0.05) is 6.07 Å². The molecule has 3 aliphatic rings. The second-order valence-corrected chi connectivity index (χ2v) is 8.28. The number of aryl methyl sites for hydroxylation is 1. The van der Waals surface area contributed by atoms with E-state index in [1.54, 1.807) is 0 Å². The first-order valence-electron chi connectivity index (χ1n) is 9.95. The molecule has 0 saturated heterocycles. The lowest BCUT2D eigenvalue weighted by Gasteiger charge is -2.16. The van der Waals surface area contributed by atoms with Crippen molar-refractivity contribution in [2.45, 2.75) is 37.0 Å². The van der Waals surface area contributed by atoms with E-state index in [9.17, 15) is 4.79 Å². The molecule has 5 nitrogen and oxygen atoms in total. The summed E-state index contributed by atoms with van der Waals surface area (Å²) in [4.78, 5) is 13.1. The number of hydrogen-bond donors (Lipinski definition) is 1. The highest BCUT2D eigenvalue weighted by atomic mass is 16.7. The van der Waals surface area contributed by atoms with Crippen LogP contribution in [0.15, 0.2) is 42.5 Å². The number of aromatic nitrogens is 1. The maximum absolute atomic E-state index is 13.1. The Hall–Kier alpha value is -2.95. The number of benzene rings is 2. The number of rotatable bonds is 4. The quantitative estimate of drug-likeness (QED) is 0.734. The lowest BCUT2D eigenvalue weighted by atomic mass is 9.94. The average Bonchev–Trinajstić information content (AvgIpc) is 3.62. The summed E-state index contributed by atoms with van der Waals surface area (Å²) in [6, 6.07) is 14.3. The van der Waals surface area contributed by atoms with Crippen LogP contribution in [0.2, 0.25) is 0 Å². The molecule has 1 N–H and O–H groups in total. The number of carbonyl (C=O) groups is 1. The fraction of sp³-hybridized carbons (Fsp3) is 0.348. The summed E-state index contributed by atoms with van der Waals surface area (Å²) in [7, 11) is 2.13. The van der Waals surface area contributed by atoms with Crippen LogP contribution in [0, 0.1) is 0 Å². The van der Waals surface area contributed by atoms with Crippen molar-refractivity contribution < 1.29 is 14.3 Å². The zero-order chi connectivity index (χ0) is 18.9. The van der Waals surface area contributed by atoms with Crippen molar-refractivity contribution in [1.82, 2.24) is 4.57 Å². The third kappa shape index (κ3) is 2.35. The molecule has 2 saturated carbocycles. The Kier molecular flexibility index (Phi) is 3.17. The summed E-state index contributed by atoms with van der Waals surface area (Å²) in [5.74, 6) is 2.25. The van der Waals surface area contributed by atoms with Gasteiger partial charge in [-0.25, -0.2) is 0 Å². The standard InChI is InChI=1S/C23H22N2O3/c1-25-18-6-5-17(10-15(18)11-19(25)14-2-3-14)24-22(26)23(8-9-23)16-4-7-20-21(12-16)28-13-27-20/h4-7,10-12,14H,2-3,8-9,13H2,1H3,(H,24,26). The van der Waals surface area contributed by atoms with Gasteiger partial charge >= 0.3 is 0 Å². The molecule has 0 atom stereocenters. The smallest absolute Gasteiger partial charge is 0.235 e. The molecule has 142 valence electrons. The van der Waals surface area contributed by atoms with Crippen molar-refractivity contribution in [1.29, 1.82) is 0 Å². The van der Waals surface area contributed by atoms with Crippen LogP contribution in [-0.4, -0.2) is 17.3 Å². The van der Waals surface area contributed by atoms with Gasteiger partial charge in [-0.05, 0) is 73.6 Å². The number of hydrogen-bond acceptors (Lipinski definition) is 3. The van der Waals surface area contributed by atoms with Crippen LogP contribution in [0.5, 0.6) is 11.5 Å². The van der Waals surface area contributed by atoms with Gasteiger partial charge in [-0.2, -0.15) is 0 Å². The van der Waals surface area contributed by atoms with E-state index >= 15 is 0 Å². The summed E-state index contributed by atoms with van der Waals surface area (Å²) in [5, 5.41) is 4.35. The van der Waals surface area contributed by atoms with Crippen LogP contribution >= 0.6 is 0 Å². The van der Waals surface area contributed by atoms with Crippen LogP contribution in [0.1, 0.15) is 42.9 Å². The molecule has 1 amide bonds. The van der Waals surface area contributed by atoms with Gasteiger partial charge in [0.15, 0.2) is 11.5 Å². The highest BCUT2D eigenvalue weighted by Crippen LogP contribution is 2.51. The molecule has 0 bridgehead atoms. The SMILES string of the molecule is Cn1c(C2CC2)cc2cc(NC(=O)C3(c4ccc5c(c4)OCO5)CC3)ccc21. The summed E-state index contributed by atoms with van der Waals surface area (Å²) in [6.07, 6.45) is 4.29. The van der Waals surface area contributed by atoms with Gasteiger partial charge in [0.25, 0.3) is 0 Å². The number of nitrogens with zero attached hydrogens (tertiary/aromatic N) is 1. The molecule has 2 fully saturated rings. The normalized spacial score (nSPS) is 19.0. The monoisotopic (exact) mass is 374 g/mol. The first kappa shape index (κ1) is 16.0. The zero-order valence-corrected chi connectivity index (χ0v) is 15.8. The first-order chi connectivity index (χ1) is 13.6. The Morgan fingerprint density at radius 3 is 2.68 bits per heavy atom. The minimum atomic E-state index is -0.453. The van der Waals surface area contributed by atoms with E-state index in [-0.39, 0.29) is 12.7 Å². The van der Waals surface area contributed by atoms with Gasteiger partial charge in [-0.3, -0.25) is 4.79 Å². The van der Waals surface area contributed by atoms with Crippen LogP contribution in [0.4, 0.5) is 5.69 Å². The van der Waals surface area contributed by atoms with Crippen molar-refractivity contribution in [2.75, 3.05) is 12.1 Å². The Morgan fingerprint density at radius 2 is 1.89 bits per heavy atom. The van der Waals surface area contributed by atoms with Crippen LogP contribution < -0.4 is 14.8 Å². The molecular weight excluding hydrogens is 352 g/mol. The molecule has 2 aliphatic carbocycles. The molecule has 6 rings (SSSR count). The summed E-state index contributed by atoms with van der Waals surface area (Å²) >= 11 is 0. The first-order valence-corrected chi connectivity index (χ1v) is 9.95. The fourth-order valence-corrected chi connectivity index (χ4v) is 4.44. The molecule has 2 aromatic carbocycles. The molecular formula is C23H22N2O3. The topological polar surface area (TPSA) is 52.5 Å². The highest BCUT2D eigenvalue weighted by Gasteiger charge is 2.51. The predicted molar refractivity (Wildman–Crippen MR) is 107 cm³/mol. The van der Waals surface area contributed by atoms with E-state index in [1.807, 2.05) is 24.3 Å². The van der Waals surface area contributed by atoms with Gasteiger partial charge < -0.3 is 19.4 Å². The largest absolute Gasteiger partial charge is 0.454 e. The lowest BCUT2D eigenvalue weighted by Crippen LogP contribution is -2.27. The molecule has 0 unspecified atom stereocenters. The fourth-order valence-electron chi connectivity index (χ4n) is 4.44. The predicted octanol–water partition coefficient (Wildman–Crippen LogP) is 4.45. The minimum absolute atomic E-state index is 0.0593. The van der Waals surface area contributed by atoms with E-state index in [1.165, 1.54) is 29.4 Å². The Morgan fingerprint density at radius 1 is 1.07 bits per heavy atom. The van der Waals surface area contributed by atoms with Gasteiger partial charge in [0.05, 0.1) is 5.41 Å². The van der Waals surface area contributed by atoms with E-state index in [4.69, 9.17) is 9.47 Å². The van der Waals surface area contributed by atoms with Crippen LogP contribution in [0.25, 0.3) is 10.9 Å². The van der Waals surface area contributed by atoms with E-state index in [2.05, 4.69) is 35.1 Å². The molecule has 0 spiro atoms. The van der Waals surface area contributed by atoms with Crippen LogP contribution in [-0.2, 0) is 17.3 Å². The van der Waals surface area contributed by atoms with E-state index < -0.39 is 5.41 Å². The Bertz CT molecular complexity index is 1120. The number of nitrogens with one attached hydrogen (secondary N) is 1. The second kappa shape index (κ2) is 5.53. The van der Waals surface area contributed by atoms with Crippen molar-refractivity contribution in [3.8, 4) is 11.5 Å². The van der Waals surface area contributed by atoms with Crippen LogP contribution in [0.3, 0.4) is 0 Å². The molecule has 1 aliphatic heterocycles. The van der Waals surface area contributed by atoms with Gasteiger partial charge in [0, 0.05) is 29.3 Å².